The number of aliphatic carboxylic acids is 1. The van der Waals surface area contributed by atoms with E-state index in [1.54, 1.807) is 6.20 Å². The second-order valence-electron chi connectivity index (χ2n) is 5.35. The maximum Gasteiger partial charge on any atom is 0.303 e. The molecule has 0 radical (unpaired) electrons. The van der Waals surface area contributed by atoms with Gasteiger partial charge in [0, 0.05) is 12.0 Å². The Labute approximate surface area is 117 Å². The van der Waals surface area contributed by atoms with Crippen LogP contribution < -0.4 is 0 Å². The number of carboxylic acids is 1. The maximum absolute atomic E-state index is 10.7. The van der Waals surface area contributed by atoms with E-state index in [1.165, 1.54) is 30.4 Å². The van der Waals surface area contributed by atoms with Crippen LogP contribution in [-0.2, 0) is 24.1 Å². The summed E-state index contributed by atoms with van der Waals surface area (Å²) in [4.78, 5) is 10.7. The monoisotopic (exact) mass is 270 g/mol. The van der Waals surface area contributed by atoms with Crippen molar-refractivity contribution in [1.82, 2.24) is 10.2 Å². The average Bonchev–Trinajstić information content (AvgIpc) is 2.93. The molecule has 2 aromatic rings. The van der Waals surface area contributed by atoms with Gasteiger partial charge in [-0.3, -0.25) is 9.89 Å². The summed E-state index contributed by atoms with van der Waals surface area (Å²) in [6.45, 7) is 0. The van der Waals surface area contributed by atoms with Crippen molar-refractivity contribution in [2.75, 3.05) is 0 Å². The van der Waals surface area contributed by atoms with Crippen molar-refractivity contribution in [2.24, 2.45) is 0 Å². The molecule has 1 heterocycles. The van der Waals surface area contributed by atoms with Gasteiger partial charge in [0.25, 0.3) is 0 Å². The Bertz CT molecular complexity index is 631. The molecule has 1 aliphatic carbocycles. The van der Waals surface area contributed by atoms with Gasteiger partial charge in [0.2, 0.25) is 0 Å². The van der Waals surface area contributed by atoms with Crippen LogP contribution in [-0.4, -0.2) is 21.3 Å². The summed E-state index contributed by atoms with van der Waals surface area (Å²) in [5, 5.41) is 15.9. The van der Waals surface area contributed by atoms with Gasteiger partial charge in [0.05, 0.1) is 11.9 Å². The van der Waals surface area contributed by atoms with E-state index < -0.39 is 5.97 Å². The molecular weight excluding hydrogens is 252 g/mol. The molecule has 4 nitrogen and oxygen atoms in total. The van der Waals surface area contributed by atoms with Crippen LogP contribution in [0, 0.1) is 0 Å². The fraction of sp³-hybridized carbons (Fsp3) is 0.375. The van der Waals surface area contributed by atoms with Crippen molar-refractivity contribution < 1.29 is 9.90 Å². The molecule has 104 valence electrons. The minimum absolute atomic E-state index is 0.136. The van der Waals surface area contributed by atoms with Crippen LogP contribution >= 0.6 is 0 Å². The summed E-state index contributed by atoms with van der Waals surface area (Å²) in [6.07, 6.45) is 7.23. The van der Waals surface area contributed by atoms with Crippen molar-refractivity contribution in [3.63, 3.8) is 0 Å². The van der Waals surface area contributed by atoms with Gasteiger partial charge in [-0.25, -0.2) is 0 Å². The van der Waals surface area contributed by atoms with Gasteiger partial charge in [-0.15, -0.1) is 0 Å². The van der Waals surface area contributed by atoms with Crippen LogP contribution in [0.4, 0.5) is 0 Å². The molecule has 3 rings (SSSR count). The molecule has 0 saturated carbocycles. The van der Waals surface area contributed by atoms with Crippen LogP contribution in [0.1, 0.15) is 36.0 Å². The first-order valence-electron chi connectivity index (χ1n) is 7.10. The van der Waals surface area contributed by atoms with Gasteiger partial charge in [0.1, 0.15) is 0 Å². The van der Waals surface area contributed by atoms with Crippen LogP contribution in [0.5, 0.6) is 0 Å². The van der Waals surface area contributed by atoms with Crippen molar-refractivity contribution in [1.29, 1.82) is 0 Å². The number of carboxylic acid groups (broad SMARTS) is 1. The quantitative estimate of drug-likeness (QED) is 0.897. The Morgan fingerprint density at radius 1 is 1.25 bits per heavy atom. The highest BCUT2D eigenvalue weighted by Gasteiger charge is 2.13. The molecule has 1 aliphatic rings. The number of benzene rings is 1. The summed E-state index contributed by atoms with van der Waals surface area (Å²) >= 11 is 0. The number of aromatic nitrogens is 2. The number of rotatable bonds is 4. The summed E-state index contributed by atoms with van der Waals surface area (Å²) in [6, 6.07) is 6.54. The van der Waals surface area contributed by atoms with Crippen molar-refractivity contribution in [2.45, 2.75) is 38.5 Å². The standard InChI is InChI=1S/C16H18N2O2/c19-15(20)8-7-14-10-17-18-16(14)13-6-5-11-3-1-2-4-12(11)9-13/h5-6,9-10H,1-4,7-8H2,(H,17,18)(H,19,20). The van der Waals surface area contributed by atoms with Gasteiger partial charge in [-0.1, -0.05) is 12.1 Å². The Morgan fingerprint density at radius 2 is 2.05 bits per heavy atom. The van der Waals surface area contributed by atoms with Gasteiger partial charge in [0.15, 0.2) is 0 Å². The zero-order chi connectivity index (χ0) is 13.9. The second-order valence-corrected chi connectivity index (χ2v) is 5.35. The number of carbonyl (C=O) groups is 1. The zero-order valence-electron chi connectivity index (χ0n) is 11.4. The molecule has 20 heavy (non-hydrogen) atoms. The predicted octanol–water partition coefficient (Wildman–Crippen LogP) is 2.97. The highest BCUT2D eigenvalue weighted by molar-refractivity contribution is 5.69. The molecule has 0 atom stereocenters. The molecule has 2 N–H and O–H groups in total. The van der Waals surface area contributed by atoms with Gasteiger partial charge >= 0.3 is 5.97 Å². The molecule has 4 heteroatoms. The lowest BCUT2D eigenvalue weighted by molar-refractivity contribution is -0.136. The highest BCUT2D eigenvalue weighted by atomic mass is 16.4. The molecule has 0 amide bonds. The molecule has 0 spiro atoms. The van der Waals surface area contributed by atoms with Gasteiger partial charge in [-0.05, 0) is 54.9 Å². The van der Waals surface area contributed by atoms with E-state index in [1.807, 2.05) is 0 Å². The minimum Gasteiger partial charge on any atom is -0.481 e. The molecule has 0 saturated heterocycles. The molecule has 0 fully saturated rings. The number of fused-ring (bicyclic) bond motifs is 1. The molecule has 0 aliphatic heterocycles. The Morgan fingerprint density at radius 3 is 2.85 bits per heavy atom. The predicted molar refractivity (Wildman–Crippen MR) is 76.6 cm³/mol. The largest absolute Gasteiger partial charge is 0.481 e. The number of nitrogens with one attached hydrogen (secondary N) is 1. The summed E-state index contributed by atoms with van der Waals surface area (Å²) in [7, 11) is 0. The smallest absolute Gasteiger partial charge is 0.303 e. The number of hydrogen-bond acceptors (Lipinski definition) is 2. The van der Waals surface area contributed by atoms with Crippen molar-refractivity contribution in [3.8, 4) is 11.3 Å². The fourth-order valence-corrected chi connectivity index (χ4v) is 2.88. The topological polar surface area (TPSA) is 66.0 Å². The molecule has 0 bridgehead atoms. The third-order valence-electron chi connectivity index (χ3n) is 3.96. The van der Waals surface area contributed by atoms with Crippen molar-refractivity contribution >= 4 is 5.97 Å². The lowest BCUT2D eigenvalue weighted by atomic mass is 9.89. The molecular formula is C16H18N2O2. The third-order valence-corrected chi connectivity index (χ3v) is 3.96. The first-order chi connectivity index (χ1) is 9.74. The number of aryl methyl sites for hydroxylation is 3. The zero-order valence-corrected chi connectivity index (χ0v) is 11.4. The van der Waals surface area contributed by atoms with E-state index >= 15 is 0 Å². The van der Waals surface area contributed by atoms with E-state index in [2.05, 4.69) is 28.4 Å². The summed E-state index contributed by atoms with van der Waals surface area (Å²) < 4.78 is 0. The normalized spacial score (nSPS) is 14.0. The van der Waals surface area contributed by atoms with Gasteiger partial charge in [-0.2, -0.15) is 5.10 Å². The van der Waals surface area contributed by atoms with Crippen LogP contribution in [0.3, 0.4) is 0 Å². The van der Waals surface area contributed by atoms with Crippen LogP contribution in [0.15, 0.2) is 24.4 Å². The van der Waals surface area contributed by atoms with E-state index in [-0.39, 0.29) is 6.42 Å². The lowest BCUT2D eigenvalue weighted by Gasteiger charge is -2.16. The summed E-state index contributed by atoms with van der Waals surface area (Å²) in [5.74, 6) is -0.775. The van der Waals surface area contributed by atoms with E-state index in [0.29, 0.717) is 6.42 Å². The highest BCUT2D eigenvalue weighted by Crippen LogP contribution is 2.28. The SMILES string of the molecule is O=C(O)CCc1cn[nH]c1-c1ccc2c(c1)CCCC2. The first kappa shape index (κ1) is 12.9. The van der Waals surface area contributed by atoms with E-state index in [4.69, 9.17) is 5.11 Å². The Hall–Kier alpha value is -2.10. The molecule has 1 aromatic carbocycles. The Kier molecular flexibility index (Phi) is 3.54. The number of H-pyrrole nitrogens is 1. The number of aromatic amines is 1. The fourth-order valence-electron chi connectivity index (χ4n) is 2.88. The van der Waals surface area contributed by atoms with Crippen molar-refractivity contribution in [3.05, 3.63) is 41.1 Å². The third kappa shape index (κ3) is 2.59. The lowest BCUT2D eigenvalue weighted by Crippen LogP contribution is -2.03. The average molecular weight is 270 g/mol. The van der Waals surface area contributed by atoms with Crippen LogP contribution in [0.25, 0.3) is 11.3 Å². The van der Waals surface area contributed by atoms with Crippen LogP contribution in [0.2, 0.25) is 0 Å². The number of nitrogens with zero attached hydrogens (tertiary/aromatic N) is 1. The first-order valence-corrected chi connectivity index (χ1v) is 7.10. The summed E-state index contributed by atoms with van der Waals surface area (Å²) in [5.41, 5.74) is 5.92. The van der Waals surface area contributed by atoms with E-state index in [9.17, 15) is 4.79 Å². The Balaban J connectivity index is 1.89. The van der Waals surface area contributed by atoms with Gasteiger partial charge < -0.3 is 5.11 Å². The molecule has 1 aromatic heterocycles. The van der Waals surface area contributed by atoms with E-state index in [0.717, 1.165) is 23.2 Å². The number of hydrogen-bond donors (Lipinski definition) is 2. The minimum atomic E-state index is -0.775. The second kappa shape index (κ2) is 5.49. The molecule has 0 unspecified atom stereocenters. The maximum atomic E-state index is 10.7.